The van der Waals surface area contributed by atoms with Gasteiger partial charge in [-0.3, -0.25) is 4.79 Å². The van der Waals surface area contributed by atoms with Crippen molar-refractivity contribution in [3.8, 4) is 0 Å². The van der Waals surface area contributed by atoms with Crippen molar-refractivity contribution in [3.63, 3.8) is 0 Å². The van der Waals surface area contributed by atoms with Gasteiger partial charge in [0.15, 0.2) is 0 Å². The van der Waals surface area contributed by atoms with Gasteiger partial charge in [0.1, 0.15) is 0 Å². The number of carbonyl (C=O) groups excluding carboxylic acids is 1. The zero-order valence-electron chi connectivity index (χ0n) is 16.7. The Bertz CT molecular complexity index is 522. The molecule has 4 aliphatic rings. The van der Waals surface area contributed by atoms with E-state index in [1.54, 1.807) is 0 Å². The molecule has 27 heavy (non-hydrogen) atoms. The van der Waals surface area contributed by atoms with Crippen molar-refractivity contribution in [3.05, 3.63) is 0 Å². The number of hydrogen-bond donors (Lipinski definition) is 2. The molecule has 2 bridgehead atoms. The fourth-order valence-corrected chi connectivity index (χ4v) is 5.90. The highest BCUT2D eigenvalue weighted by Crippen LogP contribution is 2.52. The van der Waals surface area contributed by atoms with Crippen LogP contribution in [0.3, 0.4) is 0 Å². The average Bonchev–Trinajstić information content (AvgIpc) is 2.98. The molecule has 4 rings (SSSR count). The zero-order valence-corrected chi connectivity index (χ0v) is 16.7. The van der Waals surface area contributed by atoms with Gasteiger partial charge in [0.25, 0.3) is 0 Å². The summed E-state index contributed by atoms with van der Waals surface area (Å²) in [6, 6.07) is 0. The summed E-state index contributed by atoms with van der Waals surface area (Å²) >= 11 is 0. The molecule has 0 aromatic rings. The number of primary amides is 1. The minimum absolute atomic E-state index is 0.249. The summed E-state index contributed by atoms with van der Waals surface area (Å²) in [7, 11) is 0. The maximum atomic E-state index is 10.8. The lowest BCUT2D eigenvalue weighted by Gasteiger charge is -2.44. The first-order valence-electron chi connectivity index (χ1n) is 11.0. The second-order valence-electron chi connectivity index (χ2n) is 9.63. The number of rotatable bonds is 6. The standard InChI is InChI=1S/C21H36N2O4/c1-20(18-12-16-3-2-4-17(11-16)13-18)25-21(27-26-20)8-5-15(6-9-21)14-23-10-7-19(22)24/h15-18,23H,2-14H2,1H3,(H2,22,24)/t15?,16?,17?,18?,20-,21?/m0/s1. The molecule has 1 spiro atoms. The maximum absolute atomic E-state index is 10.8. The van der Waals surface area contributed by atoms with Gasteiger partial charge in [-0.15, -0.1) is 0 Å². The topological polar surface area (TPSA) is 82.8 Å². The quantitative estimate of drug-likeness (QED) is 0.546. The van der Waals surface area contributed by atoms with Crippen LogP contribution in [0.25, 0.3) is 0 Å². The molecule has 6 heteroatoms. The predicted molar refractivity (Wildman–Crippen MR) is 101 cm³/mol. The van der Waals surface area contributed by atoms with Gasteiger partial charge in [-0.2, -0.15) is 9.78 Å². The summed E-state index contributed by atoms with van der Waals surface area (Å²) in [5, 5.41) is 3.34. The van der Waals surface area contributed by atoms with Crippen molar-refractivity contribution >= 4 is 5.91 Å². The second kappa shape index (κ2) is 7.97. The van der Waals surface area contributed by atoms with Crippen LogP contribution >= 0.6 is 0 Å². The number of amides is 1. The molecule has 154 valence electrons. The van der Waals surface area contributed by atoms with E-state index < -0.39 is 11.6 Å². The molecule has 3 atom stereocenters. The molecule has 3 N–H and O–H groups in total. The van der Waals surface area contributed by atoms with E-state index in [0.717, 1.165) is 44.1 Å². The van der Waals surface area contributed by atoms with Gasteiger partial charge >= 0.3 is 0 Å². The van der Waals surface area contributed by atoms with Gasteiger partial charge in [0.05, 0.1) is 0 Å². The largest absolute Gasteiger partial charge is 0.370 e. The van der Waals surface area contributed by atoms with Crippen molar-refractivity contribution in [1.82, 2.24) is 5.32 Å². The molecule has 4 fully saturated rings. The smallest absolute Gasteiger partial charge is 0.218 e. The molecule has 3 saturated carbocycles. The Hall–Kier alpha value is -0.690. The first kappa shape index (κ1) is 19.6. The molecule has 1 heterocycles. The second-order valence-corrected chi connectivity index (χ2v) is 9.63. The predicted octanol–water partition coefficient (Wildman–Crippen LogP) is 3.25. The van der Waals surface area contributed by atoms with Crippen LogP contribution in [0.5, 0.6) is 0 Å². The SMILES string of the molecule is C[C@@]1(C2CC3CCCC(C3)C2)OOC2(CCC(CNCCC(N)=O)CC2)O1. The van der Waals surface area contributed by atoms with Gasteiger partial charge < -0.3 is 15.8 Å². The summed E-state index contributed by atoms with van der Waals surface area (Å²) in [4.78, 5) is 22.6. The molecular formula is C21H36N2O4. The van der Waals surface area contributed by atoms with Crippen molar-refractivity contribution in [2.45, 2.75) is 89.1 Å². The minimum atomic E-state index is -0.583. The highest BCUT2D eigenvalue weighted by atomic mass is 17.3. The molecule has 1 aliphatic heterocycles. The Balaban J connectivity index is 1.26. The molecule has 0 radical (unpaired) electrons. The Morgan fingerprint density at radius 1 is 1.07 bits per heavy atom. The summed E-state index contributed by atoms with van der Waals surface area (Å²) in [6.07, 6.45) is 12.3. The summed E-state index contributed by atoms with van der Waals surface area (Å²) in [6.45, 7) is 3.69. The van der Waals surface area contributed by atoms with E-state index in [4.69, 9.17) is 20.2 Å². The van der Waals surface area contributed by atoms with E-state index in [1.165, 1.54) is 38.5 Å². The maximum Gasteiger partial charge on any atom is 0.218 e. The minimum Gasteiger partial charge on any atom is -0.370 e. The summed E-state index contributed by atoms with van der Waals surface area (Å²) in [5.41, 5.74) is 5.18. The summed E-state index contributed by atoms with van der Waals surface area (Å²) < 4.78 is 6.56. The van der Waals surface area contributed by atoms with Crippen LogP contribution in [0.2, 0.25) is 0 Å². The Morgan fingerprint density at radius 3 is 2.44 bits per heavy atom. The number of fused-ring (bicyclic) bond motifs is 2. The first-order chi connectivity index (χ1) is 13.0. The zero-order chi connectivity index (χ0) is 18.9. The molecule has 2 unspecified atom stereocenters. The fraction of sp³-hybridized carbons (Fsp3) is 0.952. The van der Waals surface area contributed by atoms with E-state index in [1.807, 2.05) is 0 Å². The van der Waals surface area contributed by atoms with Crippen LogP contribution < -0.4 is 11.1 Å². The third-order valence-electron chi connectivity index (χ3n) is 7.46. The van der Waals surface area contributed by atoms with Crippen molar-refractivity contribution in [2.75, 3.05) is 13.1 Å². The van der Waals surface area contributed by atoms with Crippen LogP contribution in [-0.2, 0) is 19.3 Å². The Labute approximate surface area is 162 Å². The lowest BCUT2D eigenvalue weighted by molar-refractivity contribution is -0.362. The van der Waals surface area contributed by atoms with Crippen LogP contribution in [0.15, 0.2) is 0 Å². The van der Waals surface area contributed by atoms with Crippen molar-refractivity contribution in [1.29, 1.82) is 0 Å². The third-order valence-corrected chi connectivity index (χ3v) is 7.46. The molecule has 1 saturated heterocycles. The lowest BCUT2D eigenvalue weighted by Crippen LogP contribution is -2.45. The van der Waals surface area contributed by atoms with Crippen molar-refractivity contribution < 1.29 is 19.3 Å². The van der Waals surface area contributed by atoms with Crippen LogP contribution in [-0.4, -0.2) is 30.6 Å². The van der Waals surface area contributed by atoms with E-state index in [9.17, 15) is 4.79 Å². The number of ether oxygens (including phenoxy) is 1. The Morgan fingerprint density at radius 2 is 1.78 bits per heavy atom. The molecule has 6 nitrogen and oxygen atoms in total. The monoisotopic (exact) mass is 380 g/mol. The normalized spacial score (nSPS) is 44.5. The third kappa shape index (κ3) is 4.50. The van der Waals surface area contributed by atoms with Gasteiger partial charge in [-0.1, -0.05) is 19.3 Å². The van der Waals surface area contributed by atoms with Gasteiger partial charge in [-0.25, -0.2) is 0 Å². The summed E-state index contributed by atoms with van der Waals surface area (Å²) in [5.74, 6) is 1.37. The Kier molecular flexibility index (Phi) is 5.79. The molecule has 0 aromatic heterocycles. The van der Waals surface area contributed by atoms with Crippen LogP contribution in [0.4, 0.5) is 0 Å². The highest BCUT2D eigenvalue weighted by Gasteiger charge is 2.56. The number of nitrogens with two attached hydrogens (primary N) is 1. The van der Waals surface area contributed by atoms with E-state index in [0.29, 0.717) is 24.8 Å². The van der Waals surface area contributed by atoms with E-state index >= 15 is 0 Å². The van der Waals surface area contributed by atoms with Gasteiger partial charge in [0, 0.05) is 31.7 Å². The van der Waals surface area contributed by atoms with E-state index in [-0.39, 0.29) is 5.91 Å². The van der Waals surface area contributed by atoms with E-state index in [2.05, 4.69) is 12.2 Å². The number of carbonyl (C=O) groups is 1. The molecule has 0 aromatic carbocycles. The molecule has 1 amide bonds. The highest BCUT2D eigenvalue weighted by molar-refractivity contribution is 5.73. The number of hydrogen-bond acceptors (Lipinski definition) is 5. The van der Waals surface area contributed by atoms with Crippen LogP contribution in [0, 0.1) is 23.7 Å². The first-order valence-corrected chi connectivity index (χ1v) is 11.0. The fourth-order valence-electron chi connectivity index (χ4n) is 5.90. The van der Waals surface area contributed by atoms with Crippen LogP contribution in [0.1, 0.15) is 77.6 Å². The number of nitrogens with one attached hydrogen (secondary N) is 1. The van der Waals surface area contributed by atoms with Gasteiger partial charge in [-0.05, 0) is 63.3 Å². The molecule has 3 aliphatic carbocycles. The van der Waals surface area contributed by atoms with Gasteiger partial charge in [0.2, 0.25) is 17.5 Å². The average molecular weight is 381 g/mol. The van der Waals surface area contributed by atoms with Crippen molar-refractivity contribution in [2.24, 2.45) is 29.4 Å². The lowest BCUT2D eigenvalue weighted by atomic mass is 9.66. The molecular weight excluding hydrogens is 344 g/mol.